The number of carbonyl (C=O) groups excluding carboxylic acids is 1. The van der Waals surface area contributed by atoms with E-state index in [1.807, 2.05) is 22.6 Å². The molecule has 1 heterocycles. The summed E-state index contributed by atoms with van der Waals surface area (Å²) in [6.45, 7) is 2.07. The van der Waals surface area contributed by atoms with Gasteiger partial charge in [0.1, 0.15) is 0 Å². The smallest absolute Gasteiger partial charge is 0.307 e. The maximum absolute atomic E-state index is 11.7. The minimum absolute atomic E-state index is 0.119. The molecule has 0 amide bonds. The Kier molecular flexibility index (Phi) is 4.25. The highest BCUT2D eigenvalue weighted by molar-refractivity contribution is 14.1. The van der Waals surface area contributed by atoms with Gasteiger partial charge in [0.15, 0.2) is 0 Å². The van der Waals surface area contributed by atoms with Crippen molar-refractivity contribution in [1.82, 2.24) is 9.55 Å². The molecule has 0 aliphatic rings. The molecule has 0 aliphatic carbocycles. The van der Waals surface area contributed by atoms with Gasteiger partial charge in [-0.25, -0.2) is 4.98 Å². The molecule has 15 heavy (non-hydrogen) atoms. The molecule has 0 unspecified atom stereocenters. The van der Waals surface area contributed by atoms with Gasteiger partial charge in [-0.05, 0) is 29.5 Å². The number of aromatic nitrogens is 2. The number of ether oxygens (including phenoxy) is 1. The van der Waals surface area contributed by atoms with Crippen molar-refractivity contribution in [1.29, 1.82) is 0 Å². The number of carbonyl (C=O) groups is 1. The lowest BCUT2D eigenvalue weighted by molar-refractivity contribution is -0.140. The van der Waals surface area contributed by atoms with Crippen LogP contribution in [-0.4, -0.2) is 22.6 Å². The fourth-order valence-electron chi connectivity index (χ4n) is 1.02. The number of hydrogen-bond donors (Lipinski definition) is 0. The van der Waals surface area contributed by atoms with Crippen LogP contribution >= 0.6 is 22.6 Å². The third-order valence-electron chi connectivity index (χ3n) is 1.94. The Hall–Kier alpha value is -0.920. The van der Waals surface area contributed by atoms with Gasteiger partial charge >= 0.3 is 5.97 Å². The van der Waals surface area contributed by atoms with E-state index in [1.165, 1.54) is 18.0 Å². The molecule has 1 rings (SSSR count). The molecule has 0 fully saturated rings. The van der Waals surface area contributed by atoms with E-state index >= 15 is 0 Å². The van der Waals surface area contributed by atoms with E-state index in [2.05, 4.69) is 9.72 Å². The Bertz CT molecular complexity index is 428. The average Bonchev–Trinajstić information content (AvgIpc) is 2.24. The molecule has 0 saturated heterocycles. The third kappa shape index (κ3) is 3.01. The van der Waals surface area contributed by atoms with Gasteiger partial charge in [0.2, 0.25) is 0 Å². The molecule has 6 heteroatoms. The fourth-order valence-corrected chi connectivity index (χ4v) is 1.47. The molecule has 0 saturated carbocycles. The summed E-state index contributed by atoms with van der Waals surface area (Å²) in [4.78, 5) is 26.6. The van der Waals surface area contributed by atoms with Crippen LogP contribution in [-0.2, 0) is 16.1 Å². The largest absolute Gasteiger partial charge is 0.469 e. The van der Waals surface area contributed by atoms with E-state index in [0.717, 1.165) is 0 Å². The monoisotopic (exact) mass is 322 g/mol. The van der Waals surface area contributed by atoms with E-state index in [0.29, 0.717) is 15.8 Å². The van der Waals surface area contributed by atoms with Crippen LogP contribution < -0.4 is 5.56 Å². The summed E-state index contributed by atoms with van der Waals surface area (Å²) in [5.74, 6) is -0.336. The molecular weight excluding hydrogens is 311 g/mol. The molecule has 0 atom stereocenters. The molecule has 0 radical (unpaired) electrons. The zero-order valence-corrected chi connectivity index (χ0v) is 10.6. The molecule has 0 spiro atoms. The highest BCUT2D eigenvalue weighted by Crippen LogP contribution is 2.01. The lowest BCUT2D eigenvalue weighted by Crippen LogP contribution is -2.25. The highest BCUT2D eigenvalue weighted by atomic mass is 127. The fraction of sp³-hybridized carbons (Fsp3) is 0.444. The summed E-state index contributed by atoms with van der Waals surface area (Å²) in [5, 5.41) is 0. The second kappa shape index (κ2) is 5.24. The molecular formula is C9H11IN2O3. The van der Waals surface area contributed by atoms with Crippen molar-refractivity contribution in [2.45, 2.75) is 19.9 Å². The normalized spacial score (nSPS) is 10.1. The molecule has 0 bridgehead atoms. The predicted molar refractivity (Wildman–Crippen MR) is 62.6 cm³/mol. The lowest BCUT2D eigenvalue weighted by Gasteiger charge is -2.05. The van der Waals surface area contributed by atoms with Crippen molar-refractivity contribution in [3.8, 4) is 0 Å². The maximum Gasteiger partial charge on any atom is 0.307 e. The van der Waals surface area contributed by atoms with Crippen molar-refractivity contribution < 1.29 is 9.53 Å². The van der Waals surface area contributed by atoms with Gasteiger partial charge in [-0.1, -0.05) is 0 Å². The first-order chi connectivity index (χ1) is 7.06. The van der Waals surface area contributed by atoms with Crippen LogP contribution in [0.2, 0.25) is 0 Å². The van der Waals surface area contributed by atoms with Gasteiger partial charge in [0, 0.05) is 6.54 Å². The van der Waals surface area contributed by atoms with Crippen LogP contribution in [0.3, 0.4) is 0 Å². The summed E-state index contributed by atoms with van der Waals surface area (Å²) < 4.78 is 6.48. The van der Waals surface area contributed by atoms with Crippen molar-refractivity contribution in [3.63, 3.8) is 0 Å². The number of nitrogens with zero attached hydrogens (tertiary/aromatic N) is 2. The van der Waals surface area contributed by atoms with Crippen LogP contribution in [0.25, 0.3) is 0 Å². The highest BCUT2D eigenvalue weighted by Gasteiger charge is 2.07. The molecule has 0 aromatic carbocycles. The minimum Gasteiger partial charge on any atom is -0.469 e. The van der Waals surface area contributed by atoms with Crippen LogP contribution in [0.4, 0.5) is 0 Å². The Balaban J connectivity index is 2.84. The molecule has 1 aromatic heterocycles. The van der Waals surface area contributed by atoms with Crippen LogP contribution in [0.1, 0.15) is 12.1 Å². The second-order valence-electron chi connectivity index (χ2n) is 2.97. The number of aryl methyl sites for hydroxylation is 2. The summed E-state index contributed by atoms with van der Waals surface area (Å²) in [6.07, 6.45) is 1.62. The standard InChI is InChI=1S/C9H11IN2O3/c1-6-8(10)9(14)12(5-11-6)4-3-7(13)15-2/h5H,3-4H2,1-2H3. The summed E-state index contributed by atoms with van der Waals surface area (Å²) in [7, 11) is 1.32. The zero-order chi connectivity index (χ0) is 11.4. The summed E-state index contributed by atoms with van der Waals surface area (Å²) >= 11 is 1.95. The Morgan fingerprint density at radius 2 is 2.33 bits per heavy atom. The molecule has 0 N–H and O–H groups in total. The number of halogens is 1. The van der Waals surface area contributed by atoms with Crippen LogP contribution in [0.15, 0.2) is 11.1 Å². The average molecular weight is 322 g/mol. The van der Waals surface area contributed by atoms with Crippen LogP contribution in [0.5, 0.6) is 0 Å². The zero-order valence-electron chi connectivity index (χ0n) is 8.49. The maximum atomic E-state index is 11.7. The van der Waals surface area contributed by atoms with Gasteiger partial charge in [-0.15, -0.1) is 0 Å². The van der Waals surface area contributed by atoms with Crippen molar-refractivity contribution in [3.05, 3.63) is 25.9 Å². The van der Waals surface area contributed by atoms with Gasteiger partial charge < -0.3 is 4.74 Å². The van der Waals surface area contributed by atoms with E-state index in [9.17, 15) is 9.59 Å². The minimum atomic E-state index is -0.336. The Morgan fingerprint density at radius 3 is 2.93 bits per heavy atom. The van der Waals surface area contributed by atoms with Crippen molar-refractivity contribution >= 4 is 28.6 Å². The number of methoxy groups -OCH3 is 1. The number of hydrogen-bond acceptors (Lipinski definition) is 4. The van der Waals surface area contributed by atoms with E-state index in [-0.39, 0.29) is 17.9 Å². The Labute approximate surface area is 101 Å². The van der Waals surface area contributed by atoms with Gasteiger partial charge in [-0.3, -0.25) is 14.2 Å². The third-order valence-corrected chi connectivity index (χ3v) is 3.18. The van der Waals surface area contributed by atoms with Gasteiger partial charge in [0.05, 0.1) is 29.1 Å². The second-order valence-corrected chi connectivity index (χ2v) is 4.05. The molecule has 82 valence electrons. The first kappa shape index (κ1) is 12.2. The summed E-state index contributed by atoms with van der Waals surface area (Å²) in [5.41, 5.74) is 0.585. The Morgan fingerprint density at radius 1 is 1.67 bits per heavy atom. The molecule has 0 aliphatic heterocycles. The summed E-state index contributed by atoms with van der Waals surface area (Å²) in [6, 6.07) is 0. The van der Waals surface area contributed by atoms with E-state index in [1.54, 1.807) is 6.92 Å². The lowest BCUT2D eigenvalue weighted by atomic mass is 10.4. The van der Waals surface area contributed by atoms with Crippen molar-refractivity contribution in [2.24, 2.45) is 0 Å². The topological polar surface area (TPSA) is 61.2 Å². The first-order valence-electron chi connectivity index (χ1n) is 4.34. The predicted octanol–water partition coefficient (Wildman–Crippen LogP) is 0.719. The van der Waals surface area contributed by atoms with Crippen LogP contribution in [0, 0.1) is 10.5 Å². The SMILES string of the molecule is COC(=O)CCn1cnc(C)c(I)c1=O. The van der Waals surface area contributed by atoms with E-state index in [4.69, 9.17) is 0 Å². The molecule has 5 nitrogen and oxygen atoms in total. The van der Waals surface area contributed by atoms with Gasteiger partial charge in [0.25, 0.3) is 5.56 Å². The van der Waals surface area contributed by atoms with Crippen molar-refractivity contribution in [2.75, 3.05) is 7.11 Å². The first-order valence-corrected chi connectivity index (χ1v) is 5.42. The number of rotatable bonds is 3. The van der Waals surface area contributed by atoms with E-state index < -0.39 is 0 Å². The van der Waals surface area contributed by atoms with Gasteiger partial charge in [-0.2, -0.15) is 0 Å². The number of esters is 1. The quantitative estimate of drug-likeness (QED) is 0.608. The molecule has 1 aromatic rings.